The minimum Gasteiger partial charge on any atom is -0.261 e. The topological polar surface area (TPSA) is 12.4 Å². The summed E-state index contributed by atoms with van der Waals surface area (Å²) in [5.41, 5.74) is 2.44. The fourth-order valence-electron chi connectivity index (χ4n) is 0.968. The summed E-state index contributed by atoms with van der Waals surface area (Å²) in [7, 11) is 0. The molecule has 0 amide bonds. The predicted molar refractivity (Wildman–Crippen MR) is 49.8 cm³/mol. The summed E-state index contributed by atoms with van der Waals surface area (Å²) in [6.45, 7) is 4.06. The van der Waals surface area contributed by atoms with Gasteiger partial charge in [-0.1, -0.05) is 24.3 Å². The second kappa shape index (κ2) is 3.91. The minimum atomic E-state index is 0.965. The van der Waals surface area contributed by atoms with E-state index in [1.807, 2.05) is 19.2 Å². The highest BCUT2D eigenvalue weighted by molar-refractivity contribution is 6.02. The van der Waals surface area contributed by atoms with E-state index in [0.717, 1.165) is 6.42 Å². The molecule has 1 aliphatic rings. The number of hydrogen-bond acceptors (Lipinski definition) is 1. The van der Waals surface area contributed by atoms with Crippen molar-refractivity contribution in [2.75, 3.05) is 0 Å². The Bertz CT molecular complexity index is 242. The molecule has 0 bridgehead atoms. The molecule has 1 heteroatoms. The molecular weight excluding hydrogens is 134 g/mol. The second-order valence-electron chi connectivity index (χ2n) is 2.54. The average Bonchev–Trinajstić information content (AvgIpc) is 2.03. The van der Waals surface area contributed by atoms with Crippen molar-refractivity contribution in [2.45, 2.75) is 20.3 Å². The summed E-state index contributed by atoms with van der Waals surface area (Å²) in [6, 6.07) is 0. The van der Waals surface area contributed by atoms with Crippen LogP contribution in [0.3, 0.4) is 0 Å². The highest BCUT2D eigenvalue weighted by atomic mass is 14.7. The summed E-state index contributed by atoms with van der Waals surface area (Å²) in [5, 5.41) is 0. The quantitative estimate of drug-likeness (QED) is 0.540. The average molecular weight is 147 g/mol. The molecule has 0 spiro atoms. The van der Waals surface area contributed by atoms with Crippen molar-refractivity contribution in [1.82, 2.24) is 0 Å². The third-order valence-electron chi connectivity index (χ3n) is 1.63. The van der Waals surface area contributed by atoms with Crippen LogP contribution in [0, 0.1) is 0 Å². The number of rotatable bonds is 1. The van der Waals surface area contributed by atoms with Gasteiger partial charge in [-0.25, -0.2) is 0 Å². The lowest BCUT2D eigenvalue weighted by atomic mass is 10.0. The van der Waals surface area contributed by atoms with E-state index < -0.39 is 0 Å². The van der Waals surface area contributed by atoms with Crippen LogP contribution in [0.15, 0.2) is 41.1 Å². The summed E-state index contributed by atoms with van der Waals surface area (Å²) >= 11 is 0. The van der Waals surface area contributed by atoms with E-state index >= 15 is 0 Å². The molecule has 1 aliphatic carbocycles. The number of nitrogens with zero attached hydrogens (tertiary/aromatic N) is 1. The molecule has 0 atom stereocenters. The first kappa shape index (κ1) is 7.99. The van der Waals surface area contributed by atoms with E-state index in [1.165, 1.54) is 11.3 Å². The molecule has 0 saturated carbocycles. The Kier molecular flexibility index (Phi) is 2.84. The SMILES string of the molecule is C/C=C\N=C1/CC=CC=C1C. The van der Waals surface area contributed by atoms with E-state index in [4.69, 9.17) is 0 Å². The van der Waals surface area contributed by atoms with Crippen molar-refractivity contribution in [1.29, 1.82) is 0 Å². The lowest BCUT2D eigenvalue weighted by molar-refractivity contribution is 1.33. The molecule has 0 unspecified atom stereocenters. The van der Waals surface area contributed by atoms with Crippen LogP contribution in [0.1, 0.15) is 20.3 Å². The van der Waals surface area contributed by atoms with Gasteiger partial charge in [-0.15, -0.1) is 0 Å². The standard InChI is InChI=1S/C10H13N/c1-3-8-11-10-7-5-4-6-9(10)2/h3-6,8H,7H2,1-2H3/b8-3-,11-10+. The third-order valence-corrected chi connectivity index (χ3v) is 1.63. The van der Waals surface area contributed by atoms with Crippen molar-refractivity contribution < 1.29 is 0 Å². The number of aliphatic imine (C=N–C) groups is 1. The molecule has 0 saturated heterocycles. The molecule has 0 heterocycles. The van der Waals surface area contributed by atoms with E-state index in [1.54, 1.807) is 0 Å². The van der Waals surface area contributed by atoms with Crippen LogP contribution in [0.5, 0.6) is 0 Å². The molecule has 0 aromatic carbocycles. The van der Waals surface area contributed by atoms with Crippen LogP contribution in [0.25, 0.3) is 0 Å². The van der Waals surface area contributed by atoms with Gasteiger partial charge in [0, 0.05) is 18.3 Å². The van der Waals surface area contributed by atoms with Gasteiger partial charge < -0.3 is 0 Å². The monoisotopic (exact) mass is 147 g/mol. The Labute approximate surface area is 67.8 Å². The van der Waals surface area contributed by atoms with Crippen molar-refractivity contribution in [3.63, 3.8) is 0 Å². The van der Waals surface area contributed by atoms with Crippen molar-refractivity contribution >= 4 is 5.71 Å². The maximum Gasteiger partial charge on any atom is 0.0470 e. The van der Waals surface area contributed by atoms with Crippen LogP contribution in [-0.4, -0.2) is 5.71 Å². The van der Waals surface area contributed by atoms with Crippen molar-refractivity contribution in [3.8, 4) is 0 Å². The second-order valence-corrected chi connectivity index (χ2v) is 2.54. The molecule has 1 rings (SSSR count). The van der Waals surface area contributed by atoms with E-state index in [9.17, 15) is 0 Å². The normalized spacial score (nSPS) is 21.3. The fourth-order valence-corrected chi connectivity index (χ4v) is 0.968. The lowest BCUT2D eigenvalue weighted by Gasteiger charge is -2.05. The largest absolute Gasteiger partial charge is 0.261 e. The molecule has 1 nitrogen and oxygen atoms in total. The van der Waals surface area contributed by atoms with Crippen LogP contribution in [0.4, 0.5) is 0 Å². The van der Waals surface area contributed by atoms with E-state index in [-0.39, 0.29) is 0 Å². The number of hydrogen-bond donors (Lipinski definition) is 0. The highest BCUT2D eigenvalue weighted by Gasteiger charge is 2.00. The summed E-state index contributed by atoms with van der Waals surface area (Å²) < 4.78 is 0. The Morgan fingerprint density at radius 1 is 1.55 bits per heavy atom. The van der Waals surface area contributed by atoms with Gasteiger partial charge in [0.1, 0.15) is 0 Å². The molecule has 0 N–H and O–H groups in total. The summed E-state index contributed by atoms with van der Waals surface area (Å²) in [4.78, 5) is 4.30. The first-order chi connectivity index (χ1) is 5.34. The Hall–Kier alpha value is -1.11. The summed E-state index contributed by atoms with van der Waals surface area (Å²) in [6.07, 6.45) is 11.0. The van der Waals surface area contributed by atoms with Crippen LogP contribution in [-0.2, 0) is 0 Å². The predicted octanol–water partition coefficient (Wildman–Crippen LogP) is 2.87. The molecule has 58 valence electrons. The zero-order valence-corrected chi connectivity index (χ0v) is 7.04. The van der Waals surface area contributed by atoms with Gasteiger partial charge in [0.15, 0.2) is 0 Å². The third kappa shape index (κ3) is 2.19. The smallest absolute Gasteiger partial charge is 0.0470 e. The Morgan fingerprint density at radius 3 is 3.00 bits per heavy atom. The Balaban J connectivity index is 2.75. The van der Waals surface area contributed by atoms with Crippen molar-refractivity contribution in [3.05, 3.63) is 36.1 Å². The molecule has 0 aromatic rings. The first-order valence-electron chi connectivity index (χ1n) is 3.86. The first-order valence-corrected chi connectivity index (χ1v) is 3.86. The van der Waals surface area contributed by atoms with Crippen LogP contribution in [0.2, 0.25) is 0 Å². The summed E-state index contributed by atoms with van der Waals surface area (Å²) in [5.74, 6) is 0. The van der Waals surface area contributed by atoms with Gasteiger partial charge in [0.2, 0.25) is 0 Å². The molecule has 0 radical (unpaired) electrons. The van der Waals surface area contributed by atoms with Crippen molar-refractivity contribution in [2.24, 2.45) is 4.99 Å². The maximum absolute atomic E-state index is 4.30. The lowest BCUT2D eigenvalue weighted by Crippen LogP contribution is -2.00. The van der Waals surface area contributed by atoms with E-state index in [2.05, 4.69) is 30.1 Å². The molecule has 0 aliphatic heterocycles. The fraction of sp³-hybridized carbons (Fsp3) is 0.300. The van der Waals surface area contributed by atoms with E-state index in [0.29, 0.717) is 0 Å². The zero-order chi connectivity index (χ0) is 8.10. The van der Waals surface area contributed by atoms with Gasteiger partial charge >= 0.3 is 0 Å². The molecule has 11 heavy (non-hydrogen) atoms. The number of allylic oxidation sites excluding steroid dienone is 5. The highest BCUT2D eigenvalue weighted by Crippen LogP contribution is 2.08. The zero-order valence-electron chi connectivity index (χ0n) is 7.04. The van der Waals surface area contributed by atoms with Gasteiger partial charge in [-0.3, -0.25) is 4.99 Å². The van der Waals surface area contributed by atoms with Crippen LogP contribution < -0.4 is 0 Å². The van der Waals surface area contributed by atoms with Gasteiger partial charge in [-0.05, 0) is 19.4 Å². The van der Waals surface area contributed by atoms with Gasteiger partial charge in [0.25, 0.3) is 0 Å². The molecule has 0 aromatic heterocycles. The van der Waals surface area contributed by atoms with Gasteiger partial charge in [-0.2, -0.15) is 0 Å². The maximum atomic E-state index is 4.30. The van der Waals surface area contributed by atoms with Crippen LogP contribution >= 0.6 is 0 Å². The minimum absolute atomic E-state index is 0.965. The Morgan fingerprint density at radius 2 is 2.36 bits per heavy atom. The van der Waals surface area contributed by atoms with Gasteiger partial charge in [0.05, 0.1) is 0 Å². The molecule has 0 fully saturated rings. The molecular formula is C10H13N.